The molecule has 7 heteroatoms. The number of carboxylic acid groups (broad SMARTS) is 1. The van der Waals surface area contributed by atoms with Crippen LogP contribution in [0.2, 0.25) is 0 Å². The zero-order chi connectivity index (χ0) is 15.2. The number of hydrogen-bond donors (Lipinski definition) is 2. The summed E-state index contributed by atoms with van der Waals surface area (Å²) in [7, 11) is 0. The van der Waals surface area contributed by atoms with Gasteiger partial charge in [-0.15, -0.1) is 11.3 Å². The predicted molar refractivity (Wildman–Crippen MR) is 81.6 cm³/mol. The minimum Gasteiger partial charge on any atom is -0.480 e. The van der Waals surface area contributed by atoms with Gasteiger partial charge in [-0.2, -0.15) is 0 Å². The van der Waals surface area contributed by atoms with Gasteiger partial charge in [-0.25, -0.2) is 4.79 Å². The Hall–Kier alpha value is -1.60. The number of carbonyl (C=O) groups is 2. The van der Waals surface area contributed by atoms with Crippen molar-refractivity contribution in [1.82, 2.24) is 15.1 Å². The molecule has 1 aromatic heterocycles. The Balaban J connectivity index is 1.80. The van der Waals surface area contributed by atoms with Gasteiger partial charge in [0.1, 0.15) is 0 Å². The molecule has 0 atom stereocenters. The second kappa shape index (κ2) is 7.42. The second-order valence-corrected chi connectivity index (χ2v) is 6.20. The number of thiophene rings is 1. The van der Waals surface area contributed by atoms with Gasteiger partial charge in [0.2, 0.25) is 0 Å². The lowest BCUT2D eigenvalue weighted by Crippen LogP contribution is -2.42. The average Bonchev–Trinajstić information content (AvgIpc) is 2.70. The molecule has 2 heterocycles. The summed E-state index contributed by atoms with van der Waals surface area (Å²) in [5, 5.41) is 13.8. The molecule has 0 unspecified atom stereocenters. The van der Waals surface area contributed by atoms with E-state index in [-0.39, 0.29) is 12.6 Å². The van der Waals surface area contributed by atoms with Crippen molar-refractivity contribution in [2.24, 2.45) is 0 Å². The molecule has 2 N–H and O–H groups in total. The molecule has 6 nitrogen and oxygen atoms in total. The Morgan fingerprint density at radius 3 is 2.81 bits per heavy atom. The average molecular weight is 311 g/mol. The van der Waals surface area contributed by atoms with Crippen LogP contribution in [0, 0.1) is 6.92 Å². The molecule has 0 aromatic carbocycles. The van der Waals surface area contributed by atoms with Crippen LogP contribution in [0.1, 0.15) is 16.9 Å². The van der Waals surface area contributed by atoms with E-state index in [0.717, 1.165) is 13.0 Å². The number of urea groups is 1. The SMILES string of the molecule is Cc1ccsc1CNC(=O)N1CCCN(CC(=O)O)CC1. The number of aliphatic carboxylic acids is 1. The van der Waals surface area contributed by atoms with Gasteiger partial charge in [0.25, 0.3) is 0 Å². The van der Waals surface area contributed by atoms with E-state index >= 15 is 0 Å². The summed E-state index contributed by atoms with van der Waals surface area (Å²) in [6.45, 7) is 5.21. The van der Waals surface area contributed by atoms with Crippen molar-refractivity contribution in [2.45, 2.75) is 19.9 Å². The standard InChI is InChI=1S/C14H21N3O3S/c1-11-3-8-21-12(11)9-15-14(20)17-5-2-4-16(6-7-17)10-13(18)19/h3,8H,2,4-7,9-10H2,1H3,(H,15,20)(H,18,19). The quantitative estimate of drug-likeness (QED) is 0.880. The summed E-state index contributed by atoms with van der Waals surface area (Å²) in [5.41, 5.74) is 1.20. The summed E-state index contributed by atoms with van der Waals surface area (Å²) in [6, 6.07) is 1.97. The van der Waals surface area contributed by atoms with E-state index < -0.39 is 5.97 Å². The first kappa shape index (κ1) is 15.8. The smallest absolute Gasteiger partial charge is 0.317 e. The third kappa shape index (κ3) is 4.71. The fraction of sp³-hybridized carbons (Fsp3) is 0.571. The summed E-state index contributed by atoms with van der Waals surface area (Å²) in [6.07, 6.45) is 0.804. The minimum atomic E-state index is -0.818. The van der Waals surface area contributed by atoms with Crippen LogP contribution in [-0.2, 0) is 11.3 Å². The Labute approximate surface area is 128 Å². The number of hydrogen-bond acceptors (Lipinski definition) is 4. The Kier molecular flexibility index (Phi) is 5.58. The Bertz CT molecular complexity index is 503. The number of rotatable bonds is 4. The van der Waals surface area contributed by atoms with Crippen molar-refractivity contribution >= 4 is 23.3 Å². The predicted octanol–water partition coefficient (Wildman–Crippen LogP) is 1.36. The fourth-order valence-electron chi connectivity index (χ4n) is 2.38. The van der Waals surface area contributed by atoms with E-state index in [1.165, 1.54) is 10.4 Å². The van der Waals surface area contributed by atoms with Crippen LogP contribution in [-0.4, -0.2) is 59.6 Å². The maximum Gasteiger partial charge on any atom is 0.317 e. The Morgan fingerprint density at radius 2 is 2.14 bits per heavy atom. The normalized spacial score (nSPS) is 16.5. The number of carbonyl (C=O) groups excluding carboxylic acids is 1. The molecule has 1 aliphatic rings. The van der Waals surface area contributed by atoms with Crippen LogP contribution < -0.4 is 5.32 Å². The van der Waals surface area contributed by atoms with Gasteiger partial charge >= 0.3 is 12.0 Å². The van der Waals surface area contributed by atoms with Gasteiger partial charge in [-0.3, -0.25) is 9.69 Å². The first-order valence-corrected chi connectivity index (χ1v) is 7.94. The van der Waals surface area contributed by atoms with E-state index in [1.54, 1.807) is 16.2 Å². The molecule has 0 radical (unpaired) electrons. The Morgan fingerprint density at radius 1 is 1.33 bits per heavy atom. The summed E-state index contributed by atoms with van der Waals surface area (Å²) < 4.78 is 0. The lowest BCUT2D eigenvalue weighted by molar-refractivity contribution is -0.138. The lowest BCUT2D eigenvalue weighted by Gasteiger charge is -2.21. The van der Waals surface area contributed by atoms with Crippen molar-refractivity contribution in [3.63, 3.8) is 0 Å². The van der Waals surface area contributed by atoms with Crippen LogP contribution in [0.15, 0.2) is 11.4 Å². The van der Waals surface area contributed by atoms with Crippen molar-refractivity contribution in [3.8, 4) is 0 Å². The van der Waals surface area contributed by atoms with Gasteiger partial charge in [0.05, 0.1) is 13.1 Å². The van der Waals surface area contributed by atoms with E-state index in [4.69, 9.17) is 5.11 Å². The molecule has 0 bridgehead atoms. The first-order chi connectivity index (χ1) is 10.1. The zero-order valence-electron chi connectivity index (χ0n) is 12.2. The van der Waals surface area contributed by atoms with Crippen molar-refractivity contribution in [2.75, 3.05) is 32.7 Å². The van der Waals surface area contributed by atoms with E-state index in [9.17, 15) is 9.59 Å². The molecular formula is C14H21N3O3S. The van der Waals surface area contributed by atoms with Crippen molar-refractivity contribution in [3.05, 3.63) is 21.9 Å². The second-order valence-electron chi connectivity index (χ2n) is 5.20. The molecule has 116 valence electrons. The van der Waals surface area contributed by atoms with Crippen molar-refractivity contribution < 1.29 is 14.7 Å². The highest BCUT2D eigenvalue weighted by molar-refractivity contribution is 7.10. The number of nitrogens with one attached hydrogen (secondary N) is 1. The van der Waals surface area contributed by atoms with Gasteiger partial charge in [-0.05, 0) is 30.4 Å². The largest absolute Gasteiger partial charge is 0.480 e. The molecule has 1 aromatic rings. The molecule has 1 saturated heterocycles. The molecule has 2 rings (SSSR count). The van der Waals surface area contributed by atoms with Crippen LogP contribution in [0.3, 0.4) is 0 Å². The summed E-state index contributed by atoms with van der Waals surface area (Å²) in [4.78, 5) is 27.7. The molecule has 1 fully saturated rings. The minimum absolute atomic E-state index is 0.0455. The number of nitrogens with zero attached hydrogens (tertiary/aromatic N) is 2. The third-order valence-corrected chi connectivity index (χ3v) is 4.63. The molecule has 0 saturated carbocycles. The van der Waals surface area contributed by atoms with Crippen LogP contribution in [0.25, 0.3) is 0 Å². The molecule has 21 heavy (non-hydrogen) atoms. The van der Waals surface area contributed by atoms with Gasteiger partial charge < -0.3 is 15.3 Å². The van der Waals surface area contributed by atoms with Gasteiger partial charge in [0, 0.05) is 31.1 Å². The fourth-order valence-corrected chi connectivity index (χ4v) is 3.22. The highest BCUT2D eigenvalue weighted by Crippen LogP contribution is 2.15. The topological polar surface area (TPSA) is 72.9 Å². The van der Waals surface area contributed by atoms with Gasteiger partial charge in [-0.1, -0.05) is 0 Å². The van der Waals surface area contributed by atoms with Crippen molar-refractivity contribution in [1.29, 1.82) is 0 Å². The van der Waals surface area contributed by atoms with E-state index in [0.29, 0.717) is 26.2 Å². The van der Waals surface area contributed by atoms with Crippen LogP contribution in [0.4, 0.5) is 4.79 Å². The number of carboxylic acids is 1. The highest BCUT2D eigenvalue weighted by Gasteiger charge is 2.20. The molecule has 1 aliphatic heterocycles. The first-order valence-electron chi connectivity index (χ1n) is 7.06. The zero-order valence-corrected chi connectivity index (χ0v) is 13.0. The summed E-state index contributed by atoms with van der Waals surface area (Å²) in [5.74, 6) is -0.818. The maximum atomic E-state index is 12.2. The molecule has 0 spiro atoms. The van der Waals surface area contributed by atoms with Gasteiger partial charge in [0.15, 0.2) is 0 Å². The van der Waals surface area contributed by atoms with Crippen LogP contribution in [0.5, 0.6) is 0 Å². The maximum absolute atomic E-state index is 12.2. The summed E-state index contributed by atoms with van der Waals surface area (Å²) >= 11 is 1.64. The third-order valence-electron chi connectivity index (χ3n) is 3.60. The lowest BCUT2D eigenvalue weighted by atomic mass is 10.3. The number of aryl methyl sites for hydroxylation is 1. The monoisotopic (exact) mass is 311 g/mol. The molecular weight excluding hydrogens is 290 g/mol. The molecule has 0 aliphatic carbocycles. The van der Waals surface area contributed by atoms with E-state index in [1.807, 2.05) is 23.3 Å². The molecule has 2 amide bonds. The van der Waals surface area contributed by atoms with E-state index in [2.05, 4.69) is 5.32 Å². The number of amides is 2. The van der Waals surface area contributed by atoms with Crippen LogP contribution >= 0.6 is 11.3 Å². The highest BCUT2D eigenvalue weighted by atomic mass is 32.1.